The van der Waals surface area contributed by atoms with E-state index in [0.717, 1.165) is 15.0 Å². The van der Waals surface area contributed by atoms with E-state index >= 15 is 0 Å². The lowest BCUT2D eigenvalue weighted by molar-refractivity contribution is 0.276. The minimum atomic E-state index is 0.0902. The topological polar surface area (TPSA) is 63.5 Å². The molecule has 2 aromatic rings. The SMILES string of the molecule is Cc1ccc2c(c1)s/c(=N/N)n2CCO. The maximum absolute atomic E-state index is 8.97. The van der Waals surface area contributed by atoms with Gasteiger partial charge in [0.2, 0.25) is 4.80 Å². The number of fused-ring (bicyclic) bond motifs is 1. The smallest absolute Gasteiger partial charge is 0.208 e. The Hall–Kier alpha value is -1.33. The number of hydrogen-bond donors (Lipinski definition) is 2. The number of hydrogen-bond acceptors (Lipinski definition) is 4. The van der Waals surface area contributed by atoms with Crippen LogP contribution < -0.4 is 10.6 Å². The first-order chi connectivity index (χ1) is 7.26. The Balaban J connectivity index is 2.75. The summed E-state index contributed by atoms with van der Waals surface area (Å²) >= 11 is 1.54. The van der Waals surface area contributed by atoms with E-state index in [1.807, 2.05) is 16.7 Å². The molecule has 3 N–H and O–H groups in total. The predicted octanol–water partition coefficient (Wildman–Crippen LogP) is 0.778. The third-order valence-corrected chi connectivity index (χ3v) is 3.33. The Morgan fingerprint density at radius 1 is 1.53 bits per heavy atom. The molecule has 0 saturated carbocycles. The van der Waals surface area contributed by atoms with E-state index < -0.39 is 0 Å². The minimum absolute atomic E-state index is 0.0902. The van der Waals surface area contributed by atoms with E-state index in [2.05, 4.69) is 18.1 Å². The average Bonchev–Trinajstić information content (AvgIpc) is 2.56. The molecule has 0 unspecified atom stereocenters. The van der Waals surface area contributed by atoms with E-state index in [1.165, 1.54) is 16.9 Å². The summed E-state index contributed by atoms with van der Waals surface area (Å²) in [7, 11) is 0. The second-order valence-corrected chi connectivity index (χ2v) is 4.37. The van der Waals surface area contributed by atoms with E-state index in [4.69, 9.17) is 10.9 Å². The number of aryl methyl sites for hydroxylation is 1. The van der Waals surface area contributed by atoms with Crippen molar-refractivity contribution in [3.05, 3.63) is 28.6 Å². The van der Waals surface area contributed by atoms with Crippen molar-refractivity contribution in [1.82, 2.24) is 4.57 Å². The van der Waals surface area contributed by atoms with Gasteiger partial charge in [-0.05, 0) is 24.6 Å². The number of thiazole rings is 1. The highest BCUT2D eigenvalue weighted by Gasteiger charge is 2.05. The van der Waals surface area contributed by atoms with E-state index in [-0.39, 0.29) is 6.61 Å². The molecule has 0 saturated heterocycles. The van der Waals surface area contributed by atoms with Gasteiger partial charge < -0.3 is 15.5 Å². The zero-order valence-corrected chi connectivity index (χ0v) is 9.29. The molecule has 15 heavy (non-hydrogen) atoms. The van der Waals surface area contributed by atoms with Crippen molar-refractivity contribution in [2.24, 2.45) is 10.9 Å². The molecule has 0 amide bonds. The van der Waals surface area contributed by atoms with Crippen LogP contribution >= 0.6 is 11.3 Å². The summed E-state index contributed by atoms with van der Waals surface area (Å²) in [5.41, 5.74) is 2.28. The van der Waals surface area contributed by atoms with Gasteiger partial charge in [0.1, 0.15) is 0 Å². The summed E-state index contributed by atoms with van der Waals surface area (Å²) in [5.74, 6) is 5.32. The molecule has 0 aliphatic rings. The summed E-state index contributed by atoms with van der Waals surface area (Å²) in [6.45, 7) is 2.67. The van der Waals surface area contributed by atoms with Crippen molar-refractivity contribution in [3.63, 3.8) is 0 Å². The molecule has 1 heterocycles. The zero-order chi connectivity index (χ0) is 10.8. The molecule has 0 spiro atoms. The molecule has 1 aromatic heterocycles. The van der Waals surface area contributed by atoms with Crippen LogP contribution in [0.25, 0.3) is 10.2 Å². The van der Waals surface area contributed by atoms with E-state index in [9.17, 15) is 0 Å². The van der Waals surface area contributed by atoms with Crippen molar-refractivity contribution in [2.45, 2.75) is 13.5 Å². The number of benzene rings is 1. The lowest BCUT2D eigenvalue weighted by Crippen LogP contribution is -2.18. The zero-order valence-electron chi connectivity index (χ0n) is 8.47. The van der Waals surface area contributed by atoms with Crippen LogP contribution in [-0.4, -0.2) is 16.3 Å². The first-order valence-electron chi connectivity index (χ1n) is 4.71. The first-order valence-corrected chi connectivity index (χ1v) is 5.52. The summed E-state index contributed by atoms with van der Waals surface area (Å²) in [4.78, 5) is 0.740. The van der Waals surface area contributed by atoms with Crippen molar-refractivity contribution >= 4 is 21.6 Å². The molecule has 0 atom stereocenters. The molecule has 0 bridgehead atoms. The molecular weight excluding hydrogens is 210 g/mol. The van der Waals surface area contributed by atoms with Crippen LogP contribution in [0.1, 0.15) is 5.56 Å². The van der Waals surface area contributed by atoms with Gasteiger partial charge in [0.25, 0.3) is 0 Å². The van der Waals surface area contributed by atoms with Gasteiger partial charge in [0.15, 0.2) is 0 Å². The first kappa shape index (κ1) is 10.2. The Morgan fingerprint density at radius 3 is 3.00 bits per heavy atom. The minimum Gasteiger partial charge on any atom is -0.395 e. The van der Waals surface area contributed by atoms with Gasteiger partial charge in [-0.25, -0.2) is 0 Å². The van der Waals surface area contributed by atoms with E-state index in [1.54, 1.807) is 0 Å². The van der Waals surface area contributed by atoms with Crippen LogP contribution in [-0.2, 0) is 6.54 Å². The maximum Gasteiger partial charge on any atom is 0.208 e. The number of nitrogens with two attached hydrogens (primary N) is 1. The van der Waals surface area contributed by atoms with Crippen molar-refractivity contribution < 1.29 is 5.11 Å². The van der Waals surface area contributed by atoms with Gasteiger partial charge in [-0.2, -0.15) is 5.10 Å². The standard InChI is InChI=1S/C10H13N3OS/c1-7-2-3-8-9(6-7)15-10(12-11)13(8)4-5-14/h2-3,6,14H,4-5,11H2,1H3/b12-10+. The summed E-state index contributed by atoms with van der Waals surface area (Å²) in [5, 5.41) is 12.7. The Kier molecular flexibility index (Phi) is 2.75. The second kappa shape index (κ2) is 4.04. The number of rotatable bonds is 2. The molecular formula is C10H13N3OS. The fourth-order valence-electron chi connectivity index (χ4n) is 1.59. The molecule has 1 aromatic carbocycles. The normalized spacial score (nSPS) is 12.5. The highest BCUT2D eigenvalue weighted by atomic mass is 32.1. The fourth-order valence-corrected chi connectivity index (χ4v) is 2.67. The largest absolute Gasteiger partial charge is 0.395 e. The summed E-state index contributed by atoms with van der Waals surface area (Å²) < 4.78 is 3.08. The highest BCUT2D eigenvalue weighted by Crippen LogP contribution is 2.18. The quantitative estimate of drug-likeness (QED) is 0.583. The van der Waals surface area contributed by atoms with Crippen LogP contribution in [0.15, 0.2) is 23.3 Å². The highest BCUT2D eigenvalue weighted by molar-refractivity contribution is 7.16. The van der Waals surface area contributed by atoms with Gasteiger partial charge in [-0.1, -0.05) is 17.4 Å². The molecule has 0 radical (unpaired) electrons. The monoisotopic (exact) mass is 223 g/mol. The van der Waals surface area contributed by atoms with Crippen molar-refractivity contribution in [1.29, 1.82) is 0 Å². The van der Waals surface area contributed by atoms with Crippen molar-refractivity contribution in [3.8, 4) is 0 Å². The molecule has 80 valence electrons. The Bertz CT molecular complexity index is 541. The third kappa shape index (κ3) is 1.75. The molecule has 0 aliphatic carbocycles. The average molecular weight is 223 g/mol. The number of aromatic nitrogens is 1. The van der Waals surface area contributed by atoms with Crippen LogP contribution in [0.3, 0.4) is 0 Å². The summed E-state index contributed by atoms with van der Waals surface area (Å²) in [6, 6.07) is 6.18. The van der Waals surface area contributed by atoms with Crippen LogP contribution in [0, 0.1) is 6.92 Å². The Labute approximate surface area is 91.3 Å². The van der Waals surface area contributed by atoms with Gasteiger partial charge in [-0.15, -0.1) is 0 Å². The van der Waals surface area contributed by atoms with Crippen LogP contribution in [0.2, 0.25) is 0 Å². The van der Waals surface area contributed by atoms with Crippen LogP contribution in [0.5, 0.6) is 0 Å². The number of aliphatic hydroxyl groups excluding tert-OH is 1. The maximum atomic E-state index is 8.97. The molecule has 4 nitrogen and oxygen atoms in total. The second-order valence-electron chi connectivity index (χ2n) is 3.36. The predicted molar refractivity (Wildman–Crippen MR) is 61.4 cm³/mol. The lowest BCUT2D eigenvalue weighted by atomic mass is 10.2. The van der Waals surface area contributed by atoms with E-state index in [0.29, 0.717) is 6.54 Å². The Morgan fingerprint density at radius 2 is 2.33 bits per heavy atom. The lowest BCUT2D eigenvalue weighted by Gasteiger charge is -2.01. The number of nitrogens with zero attached hydrogens (tertiary/aromatic N) is 2. The van der Waals surface area contributed by atoms with Crippen LogP contribution in [0.4, 0.5) is 0 Å². The summed E-state index contributed by atoms with van der Waals surface area (Å²) in [6.07, 6.45) is 0. The van der Waals surface area contributed by atoms with Crippen molar-refractivity contribution in [2.75, 3.05) is 6.61 Å². The van der Waals surface area contributed by atoms with Gasteiger partial charge in [0, 0.05) is 6.54 Å². The van der Waals surface area contributed by atoms with Gasteiger partial charge in [0.05, 0.1) is 16.8 Å². The molecule has 0 fully saturated rings. The van der Waals surface area contributed by atoms with Gasteiger partial charge in [-0.3, -0.25) is 0 Å². The molecule has 2 rings (SSSR count). The molecule has 5 heteroatoms. The third-order valence-electron chi connectivity index (χ3n) is 2.27. The molecule has 0 aliphatic heterocycles. The van der Waals surface area contributed by atoms with Gasteiger partial charge >= 0.3 is 0 Å². The fraction of sp³-hybridized carbons (Fsp3) is 0.300. The number of aliphatic hydroxyl groups is 1.